The average Bonchev–Trinajstić information content (AvgIpc) is 2.48. The molecule has 2 rings (SSSR count). The van der Waals surface area contributed by atoms with Crippen molar-refractivity contribution in [2.75, 3.05) is 6.54 Å². The molecule has 102 valence electrons. The van der Waals surface area contributed by atoms with E-state index in [1.54, 1.807) is 42.7 Å². The highest BCUT2D eigenvalue weighted by atomic mass is 19.1. The Kier molecular flexibility index (Phi) is 5.00. The number of nitrogens with zero attached hydrogens (tertiary/aromatic N) is 1. The molecule has 2 aromatic rings. The van der Waals surface area contributed by atoms with Gasteiger partial charge in [0.15, 0.2) is 0 Å². The van der Waals surface area contributed by atoms with Gasteiger partial charge < -0.3 is 5.32 Å². The fraction of sp³-hybridized carbons (Fsp3) is 0.125. The minimum absolute atomic E-state index is 0.204. The first-order chi connectivity index (χ1) is 9.75. The molecule has 0 aliphatic rings. The lowest BCUT2D eigenvalue weighted by molar-refractivity contribution is -0.116. The number of hydrogen-bond donors (Lipinski definition) is 1. The molecule has 0 saturated carbocycles. The van der Waals surface area contributed by atoms with E-state index in [4.69, 9.17) is 0 Å². The molecule has 0 radical (unpaired) electrons. The molecule has 0 atom stereocenters. The summed E-state index contributed by atoms with van der Waals surface area (Å²) in [5.41, 5.74) is 1.46. The molecule has 3 nitrogen and oxygen atoms in total. The highest BCUT2D eigenvalue weighted by molar-refractivity contribution is 5.91. The molecule has 0 fully saturated rings. The van der Waals surface area contributed by atoms with Gasteiger partial charge in [-0.15, -0.1) is 0 Å². The zero-order valence-corrected chi connectivity index (χ0v) is 10.9. The van der Waals surface area contributed by atoms with Crippen molar-refractivity contribution in [2.24, 2.45) is 0 Å². The second-order valence-corrected chi connectivity index (χ2v) is 4.25. The summed E-state index contributed by atoms with van der Waals surface area (Å²) in [6.45, 7) is 0.400. The molecule has 0 bridgehead atoms. The Hall–Kier alpha value is -2.49. The summed E-state index contributed by atoms with van der Waals surface area (Å²) < 4.78 is 13.3. The van der Waals surface area contributed by atoms with Crippen molar-refractivity contribution < 1.29 is 9.18 Å². The summed E-state index contributed by atoms with van der Waals surface area (Å²) in [4.78, 5) is 15.5. The standard InChI is InChI=1S/C16H15FN2O/c17-15-6-2-1-5-14(15)9-11-19-16(20)8-7-13-4-3-10-18-12-13/h1-8,10,12H,9,11H2,(H,19,20)/b8-7+. The Morgan fingerprint density at radius 2 is 2.10 bits per heavy atom. The second kappa shape index (κ2) is 7.19. The van der Waals surface area contributed by atoms with E-state index in [0.29, 0.717) is 18.5 Å². The van der Waals surface area contributed by atoms with Crippen LogP contribution in [0.1, 0.15) is 11.1 Å². The Balaban J connectivity index is 1.79. The summed E-state index contributed by atoms with van der Waals surface area (Å²) in [6.07, 6.45) is 6.94. The van der Waals surface area contributed by atoms with E-state index in [1.165, 1.54) is 12.1 Å². The molecule has 0 aliphatic heterocycles. The molecule has 1 amide bonds. The van der Waals surface area contributed by atoms with Crippen molar-refractivity contribution in [1.82, 2.24) is 10.3 Å². The van der Waals surface area contributed by atoms with Crippen molar-refractivity contribution >= 4 is 12.0 Å². The van der Waals surface area contributed by atoms with E-state index in [1.807, 2.05) is 6.07 Å². The Bertz CT molecular complexity index is 596. The Morgan fingerprint density at radius 3 is 2.85 bits per heavy atom. The molecule has 1 heterocycles. The zero-order valence-electron chi connectivity index (χ0n) is 10.9. The molecular formula is C16H15FN2O. The van der Waals surface area contributed by atoms with Crippen LogP contribution in [-0.4, -0.2) is 17.4 Å². The largest absolute Gasteiger partial charge is 0.352 e. The fourth-order valence-corrected chi connectivity index (χ4v) is 1.73. The third-order valence-corrected chi connectivity index (χ3v) is 2.76. The van der Waals surface area contributed by atoms with Crippen LogP contribution in [0, 0.1) is 5.82 Å². The fourth-order valence-electron chi connectivity index (χ4n) is 1.73. The van der Waals surface area contributed by atoms with Crippen molar-refractivity contribution in [3.63, 3.8) is 0 Å². The van der Waals surface area contributed by atoms with Gasteiger partial charge in [-0.25, -0.2) is 4.39 Å². The van der Waals surface area contributed by atoms with Gasteiger partial charge in [0.2, 0.25) is 5.91 Å². The third-order valence-electron chi connectivity index (χ3n) is 2.76. The van der Waals surface area contributed by atoms with Crippen LogP contribution in [0.3, 0.4) is 0 Å². The molecule has 0 unspecified atom stereocenters. The number of rotatable bonds is 5. The van der Waals surface area contributed by atoms with Crippen molar-refractivity contribution in [3.8, 4) is 0 Å². The predicted octanol–water partition coefficient (Wildman–Crippen LogP) is 2.59. The average molecular weight is 270 g/mol. The maximum atomic E-state index is 13.3. The molecule has 1 aromatic heterocycles. The van der Waals surface area contributed by atoms with E-state index in [-0.39, 0.29) is 11.7 Å². The predicted molar refractivity (Wildman–Crippen MR) is 76.4 cm³/mol. The number of benzene rings is 1. The van der Waals surface area contributed by atoms with E-state index in [2.05, 4.69) is 10.3 Å². The van der Waals surface area contributed by atoms with E-state index < -0.39 is 0 Å². The highest BCUT2D eigenvalue weighted by Crippen LogP contribution is 2.06. The topological polar surface area (TPSA) is 42.0 Å². The van der Waals surface area contributed by atoms with Gasteiger partial charge in [0, 0.05) is 25.0 Å². The highest BCUT2D eigenvalue weighted by Gasteiger charge is 2.01. The third kappa shape index (κ3) is 4.31. The van der Waals surface area contributed by atoms with Gasteiger partial charge in [-0.3, -0.25) is 9.78 Å². The van der Waals surface area contributed by atoms with Gasteiger partial charge in [-0.05, 0) is 35.8 Å². The van der Waals surface area contributed by atoms with Gasteiger partial charge in [0.1, 0.15) is 5.82 Å². The summed E-state index contributed by atoms with van der Waals surface area (Å²) in [7, 11) is 0. The first-order valence-electron chi connectivity index (χ1n) is 6.35. The van der Waals surface area contributed by atoms with Gasteiger partial charge in [0.25, 0.3) is 0 Å². The molecular weight excluding hydrogens is 255 g/mol. The molecule has 1 N–H and O–H groups in total. The quantitative estimate of drug-likeness (QED) is 0.848. The molecule has 1 aromatic carbocycles. The lowest BCUT2D eigenvalue weighted by atomic mass is 10.1. The van der Waals surface area contributed by atoms with Gasteiger partial charge >= 0.3 is 0 Å². The summed E-state index contributed by atoms with van der Waals surface area (Å²) in [6, 6.07) is 10.2. The number of carbonyl (C=O) groups is 1. The van der Waals surface area contributed by atoms with Crippen molar-refractivity contribution in [2.45, 2.75) is 6.42 Å². The zero-order chi connectivity index (χ0) is 14.2. The van der Waals surface area contributed by atoms with Crippen LogP contribution in [0.5, 0.6) is 0 Å². The van der Waals surface area contributed by atoms with Crippen LogP contribution in [0.2, 0.25) is 0 Å². The molecule has 0 aliphatic carbocycles. The van der Waals surface area contributed by atoms with Crippen LogP contribution in [-0.2, 0) is 11.2 Å². The van der Waals surface area contributed by atoms with Crippen molar-refractivity contribution in [1.29, 1.82) is 0 Å². The smallest absolute Gasteiger partial charge is 0.244 e. The number of nitrogens with one attached hydrogen (secondary N) is 1. The lowest BCUT2D eigenvalue weighted by Gasteiger charge is -2.03. The van der Waals surface area contributed by atoms with Crippen LogP contribution in [0.4, 0.5) is 4.39 Å². The van der Waals surface area contributed by atoms with Gasteiger partial charge in [-0.2, -0.15) is 0 Å². The van der Waals surface area contributed by atoms with Crippen LogP contribution >= 0.6 is 0 Å². The van der Waals surface area contributed by atoms with E-state index in [9.17, 15) is 9.18 Å². The number of pyridine rings is 1. The number of amides is 1. The lowest BCUT2D eigenvalue weighted by Crippen LogP contribution is -2.23. The van der Waals surface area contributed by atoms with Crippen LogP contribution < -0.4 is 5.32 Å². The SMILES string of the molecule is O=C(/C=C/c1cccnc1)NCCc1ccccc1F. The normalized spacial score (nSPS) is 10.7. The van der Waals surface area contributed by atoms with Crippen LogP contribution in [0.15, 0.2) is 54.9 Å². The number of aromatic nitrogens is 1. The second-order valence-electron chi connectivity index (χ2n) is 4.25. The summed E-state index contributed by atoms with van der Waals surface area (Å²) >= 11 is 0. The number of hydrogen-bond acceptors (Lipinski definition) is 2. The maximum Gasteiger partial charge on any atom is 0.244 e. The first kappa shape index (κ1) is 13.9. The van der Waals surface area contributed by atoms with E-state index in [0.717, 1.165) is 5.56 Å². The van der Waals surface area contributed by atoms with Gasteiger partial charge in [-0.1, -0.05) is 24.3 Å². The van der Waals surface area contributed by atoms with Crippen LogP contribution in [0.25, 0.3) is 6.08 Å². The molecule has 20 heavy (non-hydrogen) atoms. The molecule has 4 heteroatoms. The number of carbonyl (C=O) groups excluding carboxylic acids is 1. The first-order valence-corrected chi connectivity index (χ1v) is 6.35. The maximum absolute atomic E-state index is 13.3. The minimum Gasteiger partial charge on any atom is -0.352 e. The number of halogens is 1. The Labute approximate surface area is 117 Å². The monoisotopic (exact) mass is 270 g/mol. The van der Waals surface area contributed by atoms with Crippen molar-refractivity contribution in [3.05, 3.63) is 71.8 Å². The Morgan fingerprint density at radius 1 is 1.25 bits per heavy atom. The summed E-state index contributed by atoms with van der Waals surface area (Å²) in [5.74, 6) is -0.446. The molecule has 0 spiro atoms. The minimum atomic E-state index is -0.243. The summed E-state index contributed by atoms with van der Waals surface area (Å²) in [5, 5.41) is 2.72. The van der Waals surface area contributed by atoms with Gasteiger partial charge in [0.05, 0.1) is 0 Å². The van der Waals surface area contributed by atoms with E-state index >= 15 is 0 Å². The molecule has 0 saturated heterocycles.